The van der Waals surface area contributed by atoms with Crippen molar-refractivity contribution in [2.75, 3.05) is 39.6 Å². The molecule has 0 bridgehead atoms. The number of phosphoric ester groups is 2. The number of hydrogen-bond donors (Lipinski definition) is 3. The minimum absolute atomic E-state index is 0.103. The number of phosphoric acid groups is 2. The van der Waals surface area contributed by atoms with Crippen molar-refractivity contribution in [2.45, 2.75) is 413 Å². The van der Waals surface area contributed by atoms with E-state index in [1.165, 1.54) is 199 Å². The van der Waals surface area contributed by atoms with Crippen LogP contribution in [0.15, 0.2) is 0 Å². The van der Waals surface area contributed by atoms with Gasteiger partial charge in [0.2, 0.25) is 0 Å². The Morgan fingerprint density at radius 3 is 0.716 bits per heavy atom. The minimum Gasteiger partial charge on any atom is -0.462 e. The summed E-state index contributed by atoms with van der Waals surface area (Å²) < 4.78 is 68.4. The number of carbonyl (C=O) groups excluding carboxylic acids is 4. The largest absolute Gasteiger partial charge is 0.472 e. The first kappa shape index (κ1) is 93.1. The highest BCUT2D eigenvalue weighted by atomic mass is 31.2. The average Bonchev–Trinajstić information content (AvgIpc) is 1.87. The Kier molecular flexibility index (Phi) is 66.5. The summed E-state index contributed by atoms with van der Waals surface area (Å²) in [5.74, 6) is -0.618. The molecule has 0 saturated heterocycles. The highest BCUT2D eigenvalue weighted by molar-refractivity contribution is 7.47. The summed E-state index contributed by atoms with van der Waals surface area (Å²) >= 11 is 0. The number of hydrogen-bond acceptors (Lipinski definition) is 15. The Bertz CT molecular complexity index is 1840. The Morgan fingerprint density at radius 1 is 0.284 bits per heavy atom. The Labute approximate surface area is 581 Å². The number of aliphatic hydroxyl groups is 1. The van der Waals surface area contributed by atoms with Gasteiger partial charge in [-0.05, 0) is 37.5 Å². The number of aliphatic hydroxyl groups excluding tert-OH is 1. The zero-order valence-corrected chi connectivity index (χ0v) is 63.8. The fourth-order valence-corrected chi connectivity index (χ4v) is 13.2. The molecule has 2 unspecified atom stereocenters. The molecule has 0 spiro atoms. The Morgan fingerprint density at radius 2 is 0.484 bits per heavy atom. The lowest BCUT2D eigenvalue weighted by molar-refractivity contribution is -0.161. The van der Waals surface area contributed by atoms with Gasteiger partial charge in [-0.2, -0.15) is 0 Å². The van der Waals surface area contributed by atoms with Crippen LogP contribution in [0.4, 0.5) is 0 Å². The van der Waals surface area contributed by atoms with Crippen LogP contribution in [-0.2, 0) is 65.4 Å². The normalized spacial score (nSPS) is 14.0. The topological polar surface area (TPSA) is 237 Å². The summed E-state index contributed by atoms with van der Waals surface area (Å²) in [7, 11) is -9.90. The summed E-state index contributed by atoms with van der Waals surface area (Å²) in [6.07, 6.45) is 55.9. The molecule has 0 aromatic carbocycles. The summed E-state index contributed by atoms with van der Waals surface area (Å²) in [5.41, 5.74) is 0. The molecule has 0 aliphatic rings. The van der Waals surface area contributed by atoms with Gasteiger partial charge < -0.3 is 33.8 Å². The molecule has 5 atom stereocenters. The maximum absolute atomic E-state index is 13.1. The van der Waals surface area contributed by atoms with E-state index in [0.29, 0.717) is 31.6 Å². The lowest BCUT2D eigenvalue weighted by Gasteiger charge is -2.21. The van der Waals surface area contributed by atoms with E-state index >= 15 is 0 Å². The zero-order valence-electron chi connectivity index (χ0n) is 62.0. The molecule has 0 aromatic rings. The van der Waals surface area contributed by atoms with Crippen LogP contribution in [0.5, 0.6) is 0 Å². The van der Waals surface area contributed by atoms with E-state index in [1.807, 2.05) is 0 Å². The molecule has 0 fully saturated rings. The van der Waals surface area contributed by atoms with Gasteiger partial charge in [0.25, 0.3) is 0 Å². The van der Waals surface area contributed by atoms with Crippen molar-refractivity contribution in [1.29, 1.82) is 0 Å². The molecular formula is C76H148O17P2. The number of esters is 4. The standard InChI is InChI=1S/C76H148O17P2/c1-7-9-11-13-15-16-17-18-19-20-21-22-26-29-32-35-41-47-53-59-74(79)87-65-72(92-75(80)60-54-48-42-36-33-30-27-24-23-25-28-31-34-39-44-50-56-68(3)4)67-91-95(84,85)89-63-70(77)62-88-94(82,83)90-66-71(64-86-73(78)58-52-46-38-14-12-10-8-2)93-76(81)61-55-49-43-37-40-45-51-57-69(5)6/h68-72,77H,7-67H2,1-6H3,(H,82,83)(H,84,85)/t70-,71+,72+/m0/s1. The molecule has 0 radical (unpaired) electrons. The van der Waals surface area contributed by atoms with Crippen molar-refractivity contribution >= 4 is 39.5 Å². The van der Waals surface area contributed by atoms with Crippen LogP contribution in [0.1, 0.15) is 395 Å². The second-order valence-corrected chi connectivity index (χ2v) is 31.3. The molecule has 95 heavy (non-hydrogen) atoms. The smallest absolute Gasteiger partial charge is 0.462 e. The van der Waals surface area contributed by atoms with Gasteiger partial charge >= 0.3 is 39.5 Å². The van der Waals surface area contributed by atoms with Gasteiger partial charge in [0, 0.05) is 25.7 Å². The number of rotatable bonds is 75. The van der Waals surface area contributed by atoms with Crippen molar-refractivity contribution in [3.05, 3.63) is 0 Å². The highest BCUT2D eigenvalue weighted by Gasteiger charge is 2.30. The third kappa shape index (κ3) is 70.3. The van der Waals surface area contributed by atoms with Crippen LogP contribution in [0.25, 0.3) is 0 Å². The summed E-state index contributed by atoms with van der Waals surface area (Å²) in [6.45, 7) is 9.51. The summed E-state index contributed by atoms with van der Waals surface area (Å²) in [6, 6.07) is 0. The third-order valence-electron chi connectivity index (χ3n) is 17.7. The van der Waals surface area contributed by atoms with E-state index in [2.05, 4.69) is 41.5 Å². The summed E-state index contributed by atoms with van der Waals surface area (Å²) in [5, 5.41) is 10.6. The van der Waals surface area contributed by atoms with Crippen LogP contribution in [0.3, 0.4) is 0 Å². The quantitative estimate of drug-likeness (QED) is 0.0222. The van der Waals surface area contributed by atoms with Gasteiger partial charge in [0.15, 0.2) is 12.2 Å². The maximum Gasteiger partial charge on any atom is 0.472 e. The number of ether oxygens (including phenoxy) is 4. The van der Waals surface area contributed by atoms with Crippen molar-refractivity contribution in [3.63, 3.8) is 0 Å². The monoisotopic (exact) mass is 1400 g/mol. The van der Waals surface area contributed by atoms with Crippen LogP contribution in [0.2, 0.25) is 0 Å². The van der Waals surface area contributed by atoms with Crippen LogP contribution < -0.4 is 0 Å². The van der Waals surface area contributed by atoms with E-state index in [0.717, 1.165) is 109 Å². The average molecular weight is 1400 g/mol. The van der Waals surface area contributed by atoms with E-state index in [4.69, 9.17) is 37.0 Å². The SMILES string of the molecule is CCCCCCCCCCCCCCCCCCCCCC(=O)OC[C@H](COP(=O)(O)OC[C@@H](O)COP(=O)(O)OC[C@@H](COC(=O)CCCCCCCCC)OC(=O)CCCCCCCCCC(C)C)OC(=O)CCCCCCCCCCCCCCCCCCC(C)C. The Balaban J connectivity index is 5.16. The molecule has 17 nitrogen and oxygen atoms in total. The van der Waals surface area contributed by atoms with Crippen molar-refractivity contribution in [1.82, 2.24) is 0 Å². The predicted octanol–water partition coefficient (Wildman–Crippen LogP) is 22.3. The number of unbranched alkanes of at least 4 members (excludes halogenated alkanes) is 45. The molecule has 0 aromatic heterocycles. The van der Waals surface area contributed by atoms with Crippen LogP contribution in [-0.4, -0.2) is 96.7 Å². The molecule has 0 rings (SSSR count). The van der Waals surface area contributed by atoms with E-state index in [1.54, 1.807) is 0 Å². The first-order chi connectivity index (χ1) is 45.9. The summed E-state index contributed by atoms with van der Waals surface area (Å²) in [4.78, 5) is 72.6. The molecule has 0 amide bonds. The molecule has 19 heteroatoms. The molecule has 564 valence electrons. The molecular weight excluding hydrogens is 1250 g/mol. The Hall–Kier alpha value is -1.94. The van der Waals surface area contributed by atoms with Crippen LogP contribution in [0, 0.1) is 11.8 Å². The third-order valence-corrected chi connectivity index (χ3v) is 19.6. The fraction of sp³-hybridized carbons (Fsp3) is 0.947. The van der Waals surface area contributed by atoms with Crippen molar-refractivity contribution in [2.24, 2.45) is 11.8 Å². The highest BCUT2D eigenvalue weighted by Crippen LogP contribution is 2.45. The second-order valence-electron chi connectivity index (χ2n) is 28.3. The zero-order chi connectivity index (χ0) is 70.0. The predicted molar refractivity (Wildman–Crippen MR) is 386 cm³/mol. The van der Waals surface area contributed by atoms with Gasteiger partial charge in [-0.1, -0.05) is 343 Å². The van der Waals surface area contributed by atoms with Crippen molar-refractivity contribution < 1.29 is 80.2 Å². The van der Waals surface area contributed by atoms with Crippen molar-refractivity contribution in [3.8, 4) is 0 Å². The van der Waals surface area contributed by atoms with Gasteiger partial charge in [-0.25, -0.2) is 9.13 Å². The fourth-order valence-electron chi connectivity index (χ4n) is 11.7. The number of carbonyl (C=O) groups is 4. The maximum atomic E-state index is 13.1. The second kappa shape index (κ2) is 67.9. The van der Waals surface area contributed by atoms with Gasteiger partial charge in [-0.15, -0.1) is 0 Å². The lowest BCUT2D eigenvalue weighted by atomic mass is 10.0. The molecule has 0 saturated carbocycles. The van der Waals surface area contributed by atoms with Crippen LogP contribution >= 0.6 is 15.6 Å². The molecule has 0 heterocycles. The van der Waals surface area contributed by atoms with E-state index in [9.17, 15) is 43.2 Å². The minimum atomic E-state index is -4.96. The van der Waals surface area contributed by atoms with Gasteiger partial charge in [-0.3, -0.25) is 37.3 Å². The first-order valence-corrected chi connectivity index (χ1v) is 42.5. The van der Waals surface area contributed by atoms with Gasteiger partial charge in [0.1, 0.15) is 19.3 Å². The van der Waals surface area contributed by atoms with E-state index in [-0.39, 0.29) is 25.7 Å². The molecule has 3 N–H and O–H groups in total. The van der Waals surface area contributed by atoms with Gasteiger partial charge in [0.05, 0.1) is 26.4 Å². The first-order valence-electron chi connectivity index (χ1n) is 39.5. The molecule has 0 aliphatic carbocycles. The van der Waals surface area contributed by atoms with E-state index < -0.39 is 97.5 Å². The molecule has 0 aliphatic heterocycles. The lowest BCUT2D eigenvalue weighted by Crippen LogP contribution is -2.30.